The molecule has 1 aromatic carbocycles. The first kappa shape index (κ1) is 13.0. The highest BCUT2D eigenvalue weighted by molar-refractivity contribution is 5.86. The molecule has 2 aromatic rings. The summed E-state index contributed by atoms with van der Waals surface area (Å²) in [6, 6.07) is 3.42. The Morgan fingerprint density at radius 2 is 2.21 bits per heavy atom. The lowest BCUT2D eigenvalue weighted by atomic mass is 10.1. The Morgan fingerprint density at radius 3 is 2.74 bits per heavy atom. The molecule has 0 aliphatic heterocycles. The molecule has 0 amide bonds. The van der Waals surface area contributed by atoms with Crippen LogP contribution in [0.4, 0.5) is 8.78 Å². The normalized spacial score (nSPS) is 10.5. The fourth-order valence-corrected chi connectivity index (χ4v) is 1.62. The first-order valence-corrected chi connectivity index (χ1v) is 5.19. The van der Waals surface area contributed by atoms with Gasteiger partial charge in [-0.3, -0.25) is 0 Å². The minimum Gasteiger partial charge on any atom is -0.493 e. The number of nitrogens with zero attached hydrogens (tertiary/aromatic N) is 1. The number of benzene rings is 1. The molecule has 0 bridgehead atoms. The number of ether oxygens (including phenoxy) is 1. The third-order valence-electron chi connectivity index (χ3n) is 2.46. The van der Waals surface area contributed by atoms with Gasteiger partial charge in [0.1, 0.15) is 6.67 Å². The molecule has 0 fully saturated rings. The Kier molecular flexibility index (Phi) is 3.46. The lowest BCUT2D eigenvalue weighted by Gasteiger charge is -2.08. The molecule has 100 valence electrons. The second kappa shape index (κ2) is 5.05. The molecule has 0 spiro atoms. The van der Waals surface area contributed by atoms with Crippen molar-refractivity contribution in [1.29, 1.82) is 0 Å². The zero-order valence-corrected chi connectivity index (χ0v) is 9.81. The molecule has 0 radical (unpaired) electrons. The van der Waals surface area contributed by atoms with Gasteiger partial charge in [-0.05, 0) is 17.7 Å². The van der Waals surface area contributed by atoms with E-state index in [-0.39, 0.29) is 28.3 Å². The van der Waals surface area contributed by atoms with E-state index < -0.39 is 18.5 Å². The van der Waals surface area contributed by atoms with Crippen LogP contribution >= 0.6 is 0 Å². The lowest BCUT2D eigenvalue weighted by molar-refractivity contribution is 0.0686. The van der Waals surface area contributed by atoms with E-state index in [0.29, 0.717) is 0 Å². The Morgan fingerprint density at radius 1 is 1.47 bits per heavy atom. The summed E-state index contributed by atoms with van der Waals surface area (Å²) in [6.07, 6.45) is 0. The summed E-state index contributed by atoms with van der Waals surface area (Å²) < 4.78 is 36.0. The second-order valence-electron chi connectivity index (χ2n) is 3.67. The van der Waals surface area contributed by atoms with Gasteiger partial charge in [-0.1, -0.05) is 5.16 Å². The van der Waals surface area contributed by atoms with Crippen LogP contribution in [0.15, 0.2) is 22.7 Å². The van der Waals surface area contributed by atoms with Crippen LogP contribution in [0.25, 0.3) is 11.3 Å². The fourth-order valence-electron chi connectivity index (χ4n) is 1.62. The molecular formula is C12H9F2NO4. The third kappa shape index (κ3) is 2.40. The third-order valence-corrected chi connectivity index (χ3v) is 2.46. The van der Waals surface area contributed by atoms with Crippen molar-refractivity contribution < 1.29 is 27.9 Å². The molecule has 0 saturated carbocycles. The SMILES string of the molecule is COc1c(F)cc(CF)cc1-c1cc(C(=O)O)no1. The van der Waals surface area contributed by atoms with E-state index in [1.54, 1.807) is 0 Å². The van der Waals surface area contributed by atoms with Gasteiger partial charge in [-0.2, -0.15) is 0 Å². The average molecular weight is 269 g/mol. The summed E-state index contributed by atoms with van der Waals surface area (Å²) in [4.78, 5) is 10.7. The predicted octanol–water partition coefficient (Wildman–Crippen LogP) is 2.66. The Bertz CT molecular complexity index is 624. The monoisotopic (exact) mass is 269 g/mol. The molecule has 2 rings (SSSR count). The number of carboxylic acids is 1. The van der Waals surface area contributed by atoms with Crippen LogP contribution in [0.3, 0.4) is 0 Å². The highest BCUT2D eigenvalue weighted by Gasteiger charge is 2.19. The quantitative estimate of drug-likeness (QED) is 0.923. The maximum Gasteiger partial charge on any atom is 0.358 e. The van der Waals surface area contributed by atoms with Gasteiger partial charge in [0.15, 0.2) is 23.0 Å². The van der Waals surface area contributed by atoms with Crippen molar-refractivity contribution in [1.82, 2.24) is 5.16 Å². The van der Waals surface area contributed by atoms with Crippen LogP contribution in [-0.4, -0.2) is 23.3 Å². The first-order valence-electron chi connectivity index (χ1n) is 5.19. The smallest absolute Gasteiger partial charge is 0.358 e. The average Bonchev–Trinajstić information content (AvgIpc) is 2.87. The van der Waals surface area contributed by atoms with Gasteiger partial charge in [0, 0.05) is 6.07 Å². The fraction of sp³-hybridized carbons (Fsp3) is 0.167. The molecule has 7 heteroatoms. The van der Waals surface area contributed by atoms with Crippen LogP contribution in [-0.2, 0) is 6.67 Å². The summed E-state index contributed by atoms with van der Waals surface area (Å²) in [6.45, 7) is -0.867. The minimum absolute atomic E-state index is 0.0107. The van der Waals surface area contributed by atoms with E-state index in [2.05, 4.69) is 5.16 Å². The van der Waals surface area contributed by atoms with Gasteiger partial charge in [-0.15, -0.1) is 0 Å². The van der Waals surface area contributed by atoms with Crippen molar-refractivity contribution in [3.63, 3.8) is 0 Å². The van der Waals surface area contributed by atoms with Crippen LogP contribution < -0.4 is 4.74 Å². The summed E-state index contributed by atoms with van der Waals surface area (Å²) in [7, 11) is 1.24. The van der Waals surface area contributed by atoms with E-state index in [9.17, 15) is 13.6 Å². The maximum atomic E-state index is 13.7. The van der Waals surface area contributed by atoms with E-state index in [4.69, 9.17) is 14.4 Å². The summed E-state index contributed by atoms with van der Waals surface area (Å²) in [5, 5.41) is 12.0. The van der Waals surface area contributed by atoms with Gasteiger partial charge >= 0.3 is 5.97 Å². The summed E-state index contributed by atoms with van der Waals surface area (Å²) >= 11 is 0. The molecule has 0 aliphatic carbocycles. The Hall–Kier alpha value is -2.44. The van der Waals surface area contributed by atoms with Crippen LogP contribution in [0, 0.1) is 5.82 Å². The predicted molar refractivity (Wildman–Crippen MR) is 60.2 cm³/mol. The van der Waals surface area contributed by atoms with Crippen molar-refractivity contribution in [2.24, 2.45) is 0 Å². The summed E-state index contributed by atoms with van der Waals surface area (Å²) in [5.41, 5.74) is -0.139. The number of carbonyl (C=O) groups is 1. The maximum absolute atomic E-state index is 13.7. The number of hydrogen-bond acceptors (Lipinski definition) is 4. The molecule has 5 nitrogen and oxygen atoms in total. The van der Waals surface area contributed by atoms with Crippen molar-refractivity contribution in [2.75, 3.05) is 7.11 Å². The van der Waals surface area contributed by atoms with Gasteiger partial charge in [0.25, 0.3) is 0 Å². The zero-order valence-electron chi connectivity index (χ0n) is 9.81. The number of rotatable bonds is 4. The van der Waals surface area contributed by atoms with Gasteiger partial charge < -0.3 is 14.4 Å². The van der Waals surface area contributed by atoms with Gasteiger partial charge in [0.05, 0.1) is 12.7 Å². The highest BCUT2D eigenvalue weighted by Crippen LogP contribution is 2.34. The zero-order chi connectivity index (χ0) is 14.0. The number of aromatic nitrogens is 1. The highest BCUT2D eigenvalue weighted by atomic mass is 19.1. The van der Waals surface area contributed by atoms with Crippen LogP contribution in [0.1, 0.15) is 16.1 Å². The molecular weight excluding hydrogens is 260 g/mol. The number of hydrogen-bond donors (Lipinski definition) is 1. The van der Waals surface area contributed by atoms with Gasteiger partial charge in [-0.25, -0.2) is 13.6 Å². The number of carboxylic acid groups (broad SMARTS) is 1. The molecule has 1 heterocycles. The number of halogens is 2. The number of methoxy groups -OCH3 is 1. The number of alkyl halides is 1. The largest absolute Gasteiger partial charge is 0.493 e. The molecule has 19 heavy (non-hydrogen) atoms. The van der Waals surface area contributed by atoms with Crippen molar-refractivity contribution in [3.05, 3.63) is 35.3 Å². The Balaban J connectivity index is 2.58. The topological polar surface area (TPSA) is 72.6 Å². The molecule has 1 N–H and O–H groups in total. The van der Waals surface area contributed by atoms with Crippen LogP contribution in [0.2, 0.25) is 0 Å². The van der Waals surface area contributed by atoms with E-state index in [1.165, 1.54) is 13.2 Å². The van der Waals surface area contributed by atoms with E-state index in [1.807, 2.05) is 0 Å². The van der Waals surface area contributed by atoms with Crippen molar-refractivity contribution >= 4 is 5.97 Å². The van der Waals surface area contributed by atoms with Crippen LogP contribution in [0.5, 0.6) is 5.75 Å². The van der Waals surface area contributed by atoms with Crippen molar-refractivity contribution in [3.8, 4) is 17.1 Å². The first-order chi connectivity index (χ1) is 9.06. The number of aromatic carboxylic acids is 1. The lowest BCUT2D eigenvalue weighted by Crippen LogP contribution is -1.95. The molecule has 0 saturated heterocycles. The Labute approximate surface area is 106 Å². The van der Waals surface area contributed by atoms with E-state index >= 15 is 0 Å². The summed E-state index contributed by atoms with van der Waals surface area (Å²) in [5.74, 6) is -2.22. The second-order valence-corrected chi connectivity index (χ2v) is 3.67. The van der Waals surface area contributed by atoms with Crippen molar-refractivity contribution in [2.45, 2.75) is 6.67 Å². The molecule has 0 atom stereocenters. The van der Waals surface area contributed by atoms with Gasteiger partial charge in [0.2, 0.25) is 0 Å². The van der Waals surface area contributed by atoms with E-state index in [0.717, 1.165) is 12.1 Å². The molecule has 1 aromatic heterocycles. The minimum atomic E-state index is -1.28. The standard InChI is InChI=1S/C12H9F2NO4/c1-18-11-7(2-6(5-13)3-8(11)14)10-4-9(12(16)17)15-19-10/h2-4H,5H2,1H3,(H,16,17). The molecule has 0 aliphatic rings. The molecule has 0 unspecified atom stereocenters.